The van der Waals surface area contributed by atoms with E-state index in [2.05, 4.69) is 29.3 Å². The van der Waals surface area contributed by atoms with Gasteiger partial charge in [-0.25, -0.2) is 14.4 Å². The number of pyridine rings is 1. The van der Waals surface area contributed by atoms with Crippen LogP contribution in [0.4, 0.5) is 4.39 Å². The van der Waals surface area contributed by atoms with Crippen LogP contribution in [-0.2, 0) is 16.6 Å². The van der Waals surface area contributed by atoms with Crippen LogP contribution in [0.1, 0.15) is 16.8 Å². The van der Waals surface area contributed by atoms with Crippen LogP contribution in [0.15, 0.2) is 72.8 Å². The van der Waals surface area contributed by atoms with Crippen molar-refractivity contribution in [1.82, 2.24) is 9.97 Å². The Kier molecular flexibility index (Phi) is 3.91. The number of aromatic nitrogens is 2. The van der Waals surface area contributed by atoms with Crippen molar-refractivity contribution in [3.05, 3.63) is 95.5 Å². The highest BCUT2D eigenvalue weighted by Crippen LogP contribution is 2.45. The number of thiazole rings is 1. The molecule has 0 saturated carbocycles. The summed E-state index contributed by atoms with van der Waals surface area (Å²) in [6.07, 6.45) is 5.26. The second-order valence-corrected chi connectivity index (χ2v) is 7.77. The first-order chi connectivity index (χ1) is 13.7. The first-order valence-electron chi connectivity index (χ1n) is 8.96. The van der Waals surface area contributed by atoms with Crippen LogP contribution in [0, 0.1) is 5.82 Å². The van der Waals surface area contributed by atoms with E-state index >= 15 is 0 Å². The molecule has 2 aromatic heterocycles. The number of nitrogens with zero attached hydrogens (tertiary/aromatic N) is 2. The molecule has 4 aromatic rings. The molecule has 136 valence electrons. The van der Waals surface area contributed by atoms with Gasteiger partial charge in [0, 0.05) is 12.0 Å². The average molecular weight is 386 g/mol. The fraction of sp³-hybridized carbons (Fsp3) is 0.0870. The van der Waals surface area contributed by atoms with Gasteiger partial charge >= 0.3 is 0 Å². The van der Waals surface area contributed by atoms with Gasteiger partial charge in [-0.2, -0.15) is 0 Å². The normalized spacial score (nSPS) is 14.3. The van der Waals surface area contributed by atoms with E-state index in [0.717, 1.165) is 22.3 Å². The Balaban J connectivity index is 1.54. The summed E-state index contributed by atoms with van der Waals surface area (Å²) in [5, 5.41) is 0.590. The summed E-state index contributed by atoms with van der Waals surface area (Å²) in [5.41, 5.74) is 3.72. The minimum absolute atomic E-state index is 0.205. The molecule has 28 heavy (non-hydrogen) atoms. The summed E-state index contributed by atoms with van der Waals surface area (Å²) in [6.45, 7) is 0. The van der Waals surface area contributed by atoms with E-state index in [-0.39, 0.29) is 17.7 Å². The Labute approximate surface area is 165 Å². The highest BCUT2D eigenvalue weighted by molar-refractivity contribution is 7.21. The van der Waals surface area contributed by atoms with Crippen LogP contribution >= 0.6 is 11.3 Å². The molecule has 0 radical (unpaired) electrons. The molecule has 1 aliphatic carbocycles. The molecular weight excluding hydrogens is 371 g/mol. The van der Waals surface area contributed by atoms with Gasteiger partial charge in [-0.05, 0) is 35.4 Å². The largest absolute Gasteiger partial charge is 0.303 e. The van der Waals surface area contributed by atoms with E-state index in [1.54, 1.807) is 12.1 Å². The monoisotopic (exact) mass is 386 g/mol. The summed E-state index contributed by atoms with van der Waals surface area (Å²) in [7, 11) is 0. The highest BCUT2D eigenvalue weighted by Gasteiger charge is 2.39. The smallest absolute Gasteiger partial charge is 0.144 e. The maximum Gasteiger partial charge on any atom is 0.144 e. The van der Waals surface area contributed by atoms with Crippen molar-refractivity contribution in [3.8, 4) is 10.6 Å². The van der Waals surface area contributed by atoms with Crippen molar-refractivity contribution >= 4 is 28.0 Å². The maximum atomic E-state index is 14.5. The number of carbonyl (C=O) groups is 1. The lowest BCUT2D eigenvalue weighted by Gasteiger charge is -2.15. The van der Waals surface area contributed by atoms with Crippen LogP contribution < -0.4 is 0 Å². The van der Waals surface area contributed by atoms with Crippen LogP contribution in [0.3, 0.4) is 0 Å². The minimum atomic E-state index is -0.372. The van der Waals surface area contributed by atoms with Crippen molar-refractivity contribution in [3.63, 3.8) is 0 Å². The number of benzene rings is 2. The zero-order chi connectivity index (χ0) is 19.1. The van der Waals surface area contributed by atoms with Crippen LogP contribution in [-0.4, -0.2) is 16.3 Å². The van der Waals surface area contributed by atoms with Gasteiger partial charge in [0.05, 0.1) is 11.1 Å². The zero-order valence-electron chi connectivity index (χ0n) is 14.8. The van der Waals surface area contributed by atoms with Gasteiger partial charge < -0.3 is 4.79 Å². The molecule has 0 amide bonds. The third-order valence-corrected chi connectivity index (χ3v) is 6.01. The number of carbonyl (C=O) groups excluding carboxylic acids is 1. The minimum Gasteiger partial charge on any atom is -0.303 e. The van der Waals surface area contributed by atoms with Gasteiger partial charge in [0.1, 0.15) is 27.5 Å². The van der Waals surface area contributed by atoms with Crippen molar-refractivity contribution in [2.75, 3.05) is 0 Å². The number of hydrogen-bond acceptors (Lipinski definition) is 4. The Bertz CT molecular complexity index is 1220. The fourth-order valence-electron chi connectivity index (χ4n) is 3.43. The number of rotatable bonds is 5. The standard InChI is InChI=1S/C23H15FN2OS/c24-18-14-15(10-13-27)6-7-17(18)21-25-19-8-9-20(26-22(19)28-21)23(11-12-23)16-4-2-1-3-5-16/h1-9,11-14H,10H2. The van der Waals surface area contributed by atoms with Crippen molar-refractivity contribution < 1.29 is 9.18 Å². The van der Waals surface area contributed by atoms with Gasteiger partial charge in [-0.15, -0.1) is 0 Å². The second-order valence-electron chi connectivity index (χ2n) is 6.79. The average Bonchev–Trinajstić information content (AvgIpc) is 3.42. The lowest BCUT2D eigenvalue weighted by molar-refractivity contribution is -0.107. The zero-order valence-corrected chi connectivity index (χ0v) is 15.6. The Morgan fingerprint density at radius 2 is 1.82 bits per heavy atom. The molecule has 3 nitrogen and oxygen atoms in total. The molecular formula is C23H15FN2OS. The molecule has 0 atom stereocenters. The number of hydrogen-bond donors (Lipinski definition) is 0. The van der Waals surface area contributed by atoms with Crippen molar-refractivity contribution in [2.24, 2.45) is 0 Å². The van der Waals surface area contributed by atoms with Gasteiger partial charge in [-0.1, -0.05) is 59.9 Å². The molecule has 2 aromatic carbocycles. The predicted octanol–water partition coefficient (Wildman–Crippen LogP) is 5.09. The van der Waals surface area contributed by atoms with Gasteiger partial charge in [0.25, 0.3) is 0 Å². The number of halogens is 1. The second kappa shape index (κ2) is 6.46. The lowest BCUT2D eigenvalue weighted by atomic mass is 9.89. The Morgan fingerprint density at radius 3 is 2.54 bits per heavy atom. The van der Waals surface area contributed by atoms with E-state index in [9.17, 15) is 9.18 Å². The number of allylic oxidation sites excluding steroid dienone is 2. The molecule has 1 aliphatic rings. The summed E-state index contributed by atoms with van der Waals surface area (Å²) in [5.74, 6) is -0.372. The molecule has 5 heteroatoms. The van der Waals surface area contributed by atoms with E-state index in [0.29, 0.717) is 16.1 Å². The highest BCUT2D eigenvalue weighted by atomic mass is 32.1. The quantitative estimate of drug-likeness (QED) is 0.354. The molecule has 0 saturated heterocycles. The Hall–Kier alpha value is -3.18. The third kappa shape index (κ3) is 2.75. The molecule has 0 aliphatic heterocycles. The first kappa shape index (κ1) is 17.0. The van der Waals surface area contributed by atoms with Gasteiger partial charge in [0.2, 0.25) is 0 Å². The lowest BCUT2D eigenvalue weighted by Crippen LogP contribution is -2.12. The summed E-state index contributed by atoms with van der Waals surface area (Å²) < 4.78 is 14.5. The van der Waals surface area contributed by atoms with Crippen LogP contribution in [0.2, 0.25) is 0 Å². The molecule has 0 spiro atoms. The van der Waals surface area contributed by atoms with Crippen LogP contribution in [0.25, 0.3) is 20.9 Å². The van der Waals surface area contributed by atoms with Gasteiger partial charge in [-0.3, -0.25) is 0 Å². The number of fused-ring (bicyclic) bond motifs is 1. The SMILES string of the molecule is O=CCc1ccc(-c2nc3ccc(C4(c5ccccc5)C=C4)nc3s2)c(F)c1. The third-order valence-electron chi connectivity index (χ3n) is 5.01. The Morgan fingerprint density at radius 1 is 1.00 bits per heavy atom. The molecule has 0 unspecified atom stereocenters. The topological polar surface area (TPSA) is 42.9 Å². The predicted molar refractivity (Wildman–Crippen MR) is 109 cm³/mol. The first-order valence-corrected chi connectivity index (χ1v) is 9.78. The van der Waals surface area contributed by atoms with Crippen molar-refractivity contribution in [1.29, 1.82) is 0 Å². The summed E-state index contributed by atoms with van der Waals surface area (Å²) in [6, 6.07) is 19.0. The number of aldehydes is 1. The van der Waals surface area contributed by atoms with Gasteiger partial charge in [0.15, 0.2) is 0 Å². The van der Waals surface area contributed by atoms with Crippen molar-refractivity contribution in [2.45, 2.75) is 11.8 Å². The molecule has 0 N–H and O–H groups in total. The van der Waals surface area contributed by atoms with E-state index in [4.69, 9.17) is 4.98 Å². The fourth-order valence-corrected chi connectivity index (χ4v) is 4.39. The summed E-state index contributed by atoms with van der Waals surface area (Å²) in [4.78, 5) is 20.8. The molecule has 2 heterocycles. The van der Waals surface area contributed by atoms with E-state index in [1.807, 2.05) is 30.3 Å². The van der Waals surface area contributed by atoms with E-state index < -0.39 is 0 Å². The molecule has 0 bridgehead atoms. The maximum absolute atomic E-state index is 14.5. The molecule has 5 rings (SSSR count). The summed E-state index contributed by atoms with van der Waals surface area (Å²) >= 11 is 1.38. The van der Waals surface area contributed by atoms with Crippen LogP contribution in [0.5, 0.6) is 0 Å². The van der Waals surface area contributed by atoms with E-state index in [1.165, 1.54) is 23.0 Å². The molecule has 0 fully saturated rings.